The molecule has 1 aliphatic rings. The molecule has 0 unspecified atom stereocenters. The quantitative estimate of drug-likeness (QED) is 0.169. The van der Waals surface area contributed by atoms with Gasteiger partial charge in [0.2, 0.25) is 5.95 Å². The van der Waals surface area contributed by atoms with E-state index in [4.69, 9.17) is 19.9 Å². The van der Waals surface area contributed by atoms with Gasteiger partial charge in [0.15, 0.2) is 11.6 Å². The first kappa shape index (κ1) is 35.2. The lowest BCUT2D eigenvalue weighted by molar-refractivity contribution is 0.661. The number of nitrogens with zero attached hydrogens (tertiary/aromatic N) is 5. The van der Waals surface area contributed by atoms with Crippen LogP contribution in [0.2, 0.25) is 0 Å². The molecule has 7 aromatic carbocycles. The van der Waals surface area contributed by atoms with Gasteiger partial charge in [-0.1, -0.05) is 141 Å². The summed E-state index contributed by atoms with van der Waals surface area (Å²) >= 11 is 1.75. The number of aryl methyl sites for hydroxylation is 2. The Morgan fingerprint density at radius 2 is 1.00 bits per heavy atom. The van der Waals surface area contributed by atoms with Crippen molar-refractivity contribution < 1.29 is 0 Å². The van der Waals surface area contributed by atoms with Gasteiger partial charge in [0.25, 0.3) is 0 Å². The molecule has 3 heterocycles. The maximum Gasteiger partial charge on any atom is 0.238 e. The summed E-state index contributed by atoms with van der Waals surface area (Å²) in [6.07, 6.45) is 0. The Balaban J connectivity index is 1.13. The molecule has 5 nitrogen and oxygen atoms in total. The van der Waals surface area contributed by atoms with Crippen molar-refractivity contribution in [1.82, 2.24) is 24.5 Å². The Hall–Kier alpha value is -7.02. The third kappa shape index (κ3) is 5.82. The lowest BCUT2D eigenvalue weighted by Crippen LogP contribution is -2.15. The molecule has 0 fully saturated rings. The molecule has 0 radical (unpaired) electrons. The second kappa shape index (κ2) is 13.5. The highest BCUT2D eigenvalue weighted by Gasteiger charge is 2.36. The van der Waals surface area contributed by atoms with Crippen molar-refractivity contribution in [3.63, 3.8) is 0 Å². The molecule has 3 aromatic heterocycles. The van der Waals surface area contributed by atoms with Gasteiger partial charge in [-0.2, -0.15) is 9.97 Å². The molecule has 0 amide bonds. The van der Waals surface area contributed by atoms with E-state index in [-0.39, 0.29) is 5.41 Å². The van der Waals surface area contributed by atoms with Crippen LogP contribution in [0.4, 0.5) is 0 Å². The molecule has 0 bridgehead atoms. The fourth-order valence-corrected chi connectivity index (χ4v) is 9.72. The molecule has 0 atom stereocenters. The second-order valence-corrected chi connectivity index (χ2v) is 17.2. The lowest BCUT2D eigenvalue weighted by Gasteiger charge is -2.21. The Bertz CT molecular complexity index is 3190. The Kier molecular flexibility index (Phi) is 8.07. The zero-order chi connectivity index (χ0) is 39.8. The molecule has 0 N–H and O–H groups in total. The zero-order valence-corrected chi connectivity index (χ0v) is 34.0. The standard InChI is InChI=1S/C53H39N5S/c1-32-33(2)59-51(54-32)40-22-14-21-38(28-40)36-19-13-20-37(27-36)39-25-26-47-43(29-39)44-30-42-41-23-11-12-24-45(41)53(3,4)46(42)31-48(44)58(47)52-56-49(34-15-7-5-8-16-34)55-50(57-52)35-17-9-6-10-18-35/h5-31H,1-4H3. The Morgan fingerprint density at radius 3 is 1.64 bits per heavy atom. The number of aromatic nitrogens is 5. The van der Waals surface area contributed by atoms with Gasteiger partial charge in [0, 0.05) is 37.8 Å². The number of rotatable bonds is 6. The molecule has 10 aromatic rings. The average Bonchev–Trinajstić information content (AvgIpc) is 3.88. The first-order chi connectivity index (χ1) is 28.8. The van der Waals surface area contributed by atoms with Crippen molar-refractivity contribution in [2.45, 2.75) is 33.1 Å². The van der Waals surface area contributed by atoms with E-state index in [1.165, 1.54) is 38.3 Å². The third-order valence-electron chi connectivity index (χ3n) is 12.0. The first-order valence-electron chi connectivity index (χ1n) is 20.1. The average molecular weight is 778 g/mol. The van der Waals surface area contributed by atoms with E-state index >= 15 is 0 Å². The van der Waals surface area contributed by atoms with Crippen molar-refractivity contribution in [2.75, 3.05) is 0 Å². The van der Waals surface area contributed by atoms with Gasteiger partial charge in [-0.25, -0.2) is 9.97 Å². The van der Waals surface area contributed by atoms with Crippen molar-refractivity contribution >= 4 is 33.1 Å². The molecule has 0 saturated carbocycles. The fourth-order valence-electron chi connectivity index (χ4n) is 8.81. The number of hydrogen-bond acceptors (Lipinski definition) is 5. The fraction of sp³-hybridized carbons (Fsp3) is 0.0943. The number of fused-ring (bicyclic) bond motifs is 6. The van der Waals surface area contributed by atoms with E-state index < -0.39 is 0 Å². The van der Waals surface area contributed by atoms with Gasteiger partial charge in [-0.05, 0) is 94.8 Å². The third-order valence-corrected chi connectivity index (χ3v) is 13.1. The second-order valence-electron chi connectivity index (χ2n) is 16.0. The summed E-state index contributed by atoms with van der Waals surface area (Å²) in [5, 5.41) is 3.36. The van der Waals surface area contributed by atoms with E-state index in [2.05, 4.69) is 160 Å². The molecule has 0 spiro atoms. The Labute approximate surface area is 347 Å². The Morgan fingerprint density at radius 1 is 0.441 bits per heavy atom. The lowest BCUT2D eigenvalue weighted by atomic mass is 9.82. The summed E-state index contributed by atoms with van der Waals surface area (Å²) in [6.45, 7) is 8.89. The predicted molar refractivity (Wildman–Crippen MR) is 244 cm³/mol. The van der Waals surface area contributed by atoms with Gasteiger partial charge in [-0.15, -0.1) is 11.3 Å². The molecule has 1 aliphatic carbocycles. The topological polar surface area (TPSA) is 56.5 Å². The van der Waals surface area contributed by atoms with Gasteiger partial charge in [0.1, 0.15) is 5.01 Å². The van der Waals surface area contributed by atoms with Crippen molar-refractivity contribution in [3.8, 4) is 72.7 Å². The van der Waals surface area contributed by atoms with Crippen LogP contribution in [0, 0.1) is 13.8 Å². The molecule has 6 heteroatoms. The summed E-state index contributed by atoms with van der Waals surface area (Å²) in [7, 11) is 0. The molecule has 0 aliphatic heterocycles. The van der Waals surface area contributed by atoms with Crippen LogP contribution >= 0.6 is 11.3 Å². The highest BCUT2D eigenvalue weighted by molar-refractivity contribution is 7.15. The van der Waals surface area contributed by atoms with E-state index in [0.29, 0.717) is 17.6 Å². The van der Waals surface area contributed by atoms with E-state index in [1.54, 1.807) is 11.3 Å². The van der Waals surface area contributed by atoms with Crippen LogP contribution in [0.1, 0.15) is 35.5 Å². The van der Waals surface area contributed by atoms with Gasteiger partial charge >= 0.3 is 0 Å². The zero-order valence-electron chi connectivity index (χ0n) is 33.2. The summed E-state index contributed by atoms with van der Waals surface area (Å²) < 4.78 is 2.25. The van der Waals surface area contributed by atoms with Crippen LogP contribution in [0.15, 0.2) is 164 Å². The van der Waals surface area contributed by atoms with Crippen LogP contribution < -0.4 is 0 Å². The summed E-state index contributed by atoms with van der Waals surface area (Å²) in [5.41, 5.74) is 15.9. The maximum absolute atomic E-state index is 5.24. The minimum atomic E-state index is -0.176. The van der Waals surface area contributed by atoms with Crippen molar-refractivity contribution in [3.05, 3.63) is 185 Å². The smallest absolute Gasteiger partial charge is 0.238 e. The minimum absolute atomic E-state index is 0.176. The predicted octanol–water partition coefficient (Wildman–Crippen LogP) is 13.7. The van der Waals surface area contributed by atoms with Crippen LogP contribution in [-0.4, -0.2) is 24.5 Å². The normalized spacial score (nSPS) is 12.9. The highest BCUT2D eigenvalue weighted by atomic mass is 32.1. The van der Waals surface area contributed by atoms with Crippen LogP contribution in [-0.2, 0) is 5.41 Å². The molecule has 11 rings (SSSR count). The van der Waals surface area contributed by atoms with Crippen LogP contribution in [0.25, 0.3) is 94.5 Å². The van der Waals surface area contributed by atoms with E-state index in [0.717, 1.165) is 60.3 Å². The molecule has 59 heavy (non-hydrogen) atoms. The largest absolute Gasteiger partial charge is 0.278 e. The van der Waals surface area contributed by atoms with Gasteiger partial charge in [-0.3, -0.25) is 4.57 Å². The summed E-state index contributed by atoms with van der Waals surface area (Å²) in [4.78, 5) is 21.6. The maximum atomic E-state index is 5.24. The van der Waals surface area contributed by atoms with Crippen molar-refractivity contribution in [1.29, 1.82) is 0 Å². The number of thiazole rings is 1. The number of hydrogen-bond donors (Lipinski definition) is 0. The van der Waals surface area contributed by atoms with Crippen molar-refractivity contribution in [2.24, 2.45) is 0 Å². The van der Waals surface area contributed by atoms with Crippen LogP contribution in [0.5, 0.6) is 0 Å². The molecule has 282 valence electrons. The number of benzene rings is 7. The SMILES string of the molecule is Cc1nc(-c2cccc(-c3cccc(-c4ccc5c(c4)c4cc6c(cc4n5-c4nc(-c5ccccc5)nc(-c5ccccc5)n4)C(C)(C)c4ccccc4-6)c3)c2)sc1C. The first-order valence-corrected chi connectivity index (χ1v) is 20.9. The van der Waals surface area contributed by atoms with E-state index in [1.807, 2.05) is 36.4 Å². The van der Waals surface area contributed by atoms with Gasteiger partial charge in [0.05, 0.1) is 16.7 Å². The monoisotopic (exact) mass is 777 g/mol. The summed E-state index contributed by atoms with van der Waals surface area (Å²) in [6, 6.07) is 58.5. The van der Waals surface area contributed by atoms with E-state index in [9.17, 15) is 0 Å². The molecule has 0 saturated heterocycles. The summed E-state index contributed by atoms with van der Waals surface area (Å²) in [5.74, 6) is 1.86. The molecular weight excluding hydrogens is 739 g/mol. The minimum Gasteiger partial charge on any atom is -0.278 e. The highest BCUT2D eigenvalue weighted by Crippen LogP contribution is 2.51. The van der Waals surface area contributed by atoms with Crippen LogP contribution in [0.3, 0.4) is 0 Å². The van der Waals surface area contributed by atoms with Gasteiger partial charge < -0.3 is 0 Å². The molecular formula is C53H39N5S.